The fourth-order valence-corrected chi connectivity index (χ4v) is 4.99. The molecule has 11 heteroatoms. The van der Waals surface area contributed by atoms with Crippen LogP contribution >= 0.6 is 0 Å². The summed E-state index contributed by atoms with van der Waals surface area (Å²) in [6, 6.07) is 14.9. The molecule has 0 fully saturated rings. The molecule has 0 aliphatic carbocycles. The van der Waals surface area contributed by atoms with Gasteiger partial charge in [0, 0.05) is 12.5 Å². The zero-order valence-electron chi connectivity index (χ0n) is 26.6. The number of methoxy groups -OCH3 is 4. The second-order valence-electron chi connectivity index (χ2n) is 11.4. The first-order valence-corrected chi connectivity index (χ1v) is 14.4. The van der Waals surface area contributed by atoms with E-state index in [1.807, 2.05) is 30.3 Å². The summed E-state index contributed by atoms with van der Waals surface area (Å²) in [5.41, 5.74) is 1.02. The molecule has 4 rings (SSSR count). The lowest BCUT2D eigenvalue weighted by Gasteiger charge is -2.27. The van der Waals surface area contributed by atoms with Crippen LogP contribution < -0.4 is 33.7 Å². The first-order valence-electron chi connectivity index (χ1n) is 14.4. The van der Waals surface area contributed by atoms with Gasteiger partial charge in [-0.2, -0.15) is 0 Å². The van der Waals surface area contributed by atoms with Crippen molar-refractivity contribution < 1.29 is 47.5 Å². The van der Waals surface area contributed by atoms with Gasteiger partial charge >= 0.3 is 12.1 Å². The Kier molecular flexibility index (Phi) is 10.4. The van der Waals surface area contributed by atoms with Gasteiger partial charge in [-0.1, -0.05) is 36.4 Å². The Morgan fingerprint density at radius 3 is 2.18 bits per heavy atom. The van der Waals surface area contributed by atoms with E-state index in [4.69, 9.17) is 33.2 Å². The number of ketones is 1. The molecular weight excluding hydrogens is 582 g/mol. The predicted molar refractivity (Wildman–Crippen MR) is 165 cm³/mol. The van der Waals surface area contributed by atoms with Crippen LogP contribution in [0.25, 0.3) is 0 Å². The molecule has 0 bridgehead atoms. The van der Waals surface area contributed by atoms with Crippen LogP contribution in [0.5, 0.6) is 34.5 Å². The van der Waals surface area contributed by atoms with E-state index >= 15 is 0 Å². The third-order valence-electron chi connectivity index (χ3n) is 7.03. The van der Waals surface area contributed by atoms with Gasteiger partial charge in [0.1, 0.15) is 23.0 Å². The maximum Gasteiger partial charge on any atom is 0.408 e. The predicted octanol–water partition coefficient (Wildman–Crippen LogP) is 5.20. The van der Waals surface area contributed by atoms with Crippen molar-refractivity contribution in [2.75, 3.05) is 35.0 Å². The Labute approximate surface area is 262 Å². The van der Waals surface area contributed by atoms with Crippen LogP contribution in [-0.2, 0) is 22.4 Å². The summed E-state index contributed by atoms with van der Waals surface area (Å²) >= 11 is 0. The van der Waals surface area contributed by atoms with Gasteiger partial charge < -0.3 is 38.5 Å². The molecule has 1 amide bonds. The molecule has 1 aliphatic heterocycles. The van der Waals surface area contributed by atoms with Gasteiger partial charge in [-0.25, -0.2) is 9.59 Å². The van der Waals surface area contributed by atoms with Gasteiger partial charge in [0.2, 0.25) is 5.75 Å². The minimum atomic E-state index is -1.06. The standard InChI is InChI=1S/C34H39NO10/c1-34(2,3)45-33(38)35-23(16-20-11-9-8-10-12-20)32(37)44-25-17-21(13-14-24(25)39-4)15-22-19-43-26-18-27(40-5)30(41-6)31(42-7)28(26)29(22)36/h8-14,17-18,22-23H,15-16,19H2,1-7H3,(H,35,38)/t22-,23-/m0/s1. The highest BCUT2D eigenvalue weighted by Gasteiger charge is 2.36. The van der Waals surface area contributed by atoms with Crippen LogP contribution in [-0.4, -0.2) is 64.5 Å². The molecule has 0 unspecified atom stereocenters. The highest BCUT2D eigenvalue weighted by Crippen LogP contribution is 2.47. The van der Waals surface area contributed by atoms with Gasteiger partial charge in [0.25, 0.3) is 0 Å². The van der Waals surface area contributed by atoms with Crippen LogP contribution in [0.15, 0.2) is 54.6 Å². The molecular formula is C34H39NO10. The van der Waals surface area contributed by atoms with Crippen LogP contribution in [0.1, 0.15) is 42.3 Å². The van der Waals surface area contributed by atoms with E-state index in [1.165, 1.54) is 28.4 Å². The lowest BCUT2D eigenvalue weighted by molar-refractivity contribution is -0.136. The van der Waals surface area contributed by atoms with Crippen molar-refractivity contribution in [3.05, 3.63) is 71.3 Å². The molecule has 1 N–H and O–H groups in total. The van der Waals surface area contributed by atoms with E-state index in [9.17, 15) is 14.4 Å². The molecule has 0 aromatic heterocycles. The molecule has 1 aliphatic rings. The van der Waals surface area contributed by atoms with E-state index in [1.54, 1.807) is 45.0 Å². The number of amides is 1. The first-order chi connectivity index (χ1) is 21.5. The lowest BCUT2D eigenvalue weighted by atomic mass is 9.88. The average molecular weight is 622 g/mol. The van der Waals surface area contributed by atoms with Crippen LogP contribution in [0, 0.1) is 5.92 Å². The van der Waals surface area contributed by atoms with Gasteiger partial charge in [-0.3, -0.25) is 4.79 Å². The van der Waals surface area contributed by atoms with Crippen LogP contribution in [0.2, 0.25) is 0 Å². The summed E-state index contributed by atoms with van der Waals surface area (Å²) in [6.45, 7) is 5.32. The monoisotopic (exact) mass is 621 g/mol. The zero-order valence-corrected chi connectivity index (χ0v) is 26.6. The van der Waals surface area contributed by atoms with Crippen molar-refractivity contribution in [1.82, 2.24) is 5.32 Å². The highest BCUT2D eigenvalue weighted by molar-refractivity contribution is 6.05. The fourth-order valence-electron chi connectivity index (χ4n) is 4.99. The second kappa shape index (κ2) is 14.2. The molecule has 0 saturated heterocycles. The average Bonchev–Trinajstić information content (AvgIpc) is 3.00. The topological polar surface area (TPSA) is 128 Å². The van der Waals surface area contributed by atoms with Crippen molar-refractivity contribution in [3.8, 4) is 34.5 Å². The van der Waals surface area contributed by atoms with E-state index in [-0.39, 0.29) is 42.3 Å². The maximum absolute atomic E-state index is 13.7. The summed E-state index contributed by atoms with van der Waals surface area (Å²) in [6.07, 6.45) is -0.306. The molecule has 0 radical (unpaired) electrons. The zero-order chi connectivity index (χ0) is 32.7. The molecule has 0 saturated carbocycles. The molecule has 11 nitrogen and oxygen atoms in total. The Hall–Kier alpha value is -4.93. The number of Topliss-reactive ketones (excluding diaryl/α,β-unsaturated/α-hetero) is 1. The van der Waals surface area contributed by atoms with Crippen molar-refractivity contribution in [1.29, 1.82) is 0 Å². The van der Waals surface area contributed by atoms with Crippen LogP contribution in [0.4, 0.5) is 4.79 Å². The second-order valence-corrected chi connectivity index (χ2v) is 11.4. The number of carbonyl (C=O) groups is 3. The first kappa shape index (κ1) is 33.0. The lowest BCUT2D eigenvalue weighted by Crippen LogP contribution is -2.46. The number of benzene rings is 3. The quantitative estimate of drug-likeness (QED) is 0.226. The number of hydrogen-bond donors (Lipinski definition) is 1. The summed E-state index contributed by atoms with van der Waals surface area (Å²) in [4.78, 5) is 39.8. The Morgan fingerprint density at radius 1 is 0.867 bits per heavy atom. The molecule has 0 spiro atoms. The molecule has 1 heterocycles. The van der Waals surface area contributed by atoms with E-state index < -0.39 is 29.6 Å². The highest BCUT2D eigenvalue weighted by atomic mass is 16.6. The Balaban J connectivity index is 1.57. The minimum Gasteiger partial charge on any atom is -0.493 e. The fraction of sp³-hybridized carbons (Fsp3) is 0.382. The number of nitrogens with one attached hydrogen (secondary N) is 1. The number of alkyl carbamates (subject to hydrolysis) is 1. The van der Waals surface area contributed by atoms with E-state index in [0.717, 1.165) is 5.56 Å². The Morgan fingerprint density at radius 2 is 1.56 bits per heavy atom. The number of carbonyl (C=O) groups excluding carboxylic acids is 3. The van der Waals surface area contributed by atoms with Crippen molar-refractivity contribution in [2.24, 2.45) is 5.92 Å². The normalized spacial score (nSPS) is 14.7. The largest absolute Gasteiger partial charge is 0.493 e. The molecule has 240 valence electrons. The molecule has 2 atom stereocenters. The Bertz CT molecular complexity index is 1530. The number of esters is 1. The SMILES string of the molecule is COc1ccc(C[C@H]2COc3cc(OC)c(OC)c(OC)c3C2=O)cc1OC(=O)[C@H](Cc1ccccc1)NC(=O)OC(C)(C)C. The third-order valence-corrected chi connectivity index (χ3v) is 7.03. The molecule has 45 heavy (non-hydrogen) atoms. The summed E-state index contributed by atoms with van der Waals surface area (Å²) in [5.74, 6) is 0.221. The van der Waals surface area contributed by atoms with Gasteiger partial charge in [-0.15, -0.1) is 0 Å². The van der Waals surface area contributed by atoms with Gasteiger partial charge in [0.05, 0.1) is 41.0 Å². The van der Waals surface area contributed by atoms with Gasteiger partial charge in [-0.05, 0) is 50.5 Å². The molecule has 3 aromatic carbocycles. The number of fused-ring (bicyclic) bond motifs is 1. The number of ether oxygens (including phenoxy) is 7. The summed E-state index contributed by atoms with van der Waals surface area (Å²) < 4.78 is 39.0. The number of hydrogen-bond acceptors (Lipinski definition) is 10. The van der Waals surface area contributed by atoms with Crippen molar-refractivity contribution >= 4 is 17.8 Å². The third kappa shape index (κ3) is 7.97. The van der Waals surface area contributed by atoms with Crippen LogP contribution in [0.3, 0.4) is 0 Å². The van der Waals surface area contributed by atoms with Gasteiger partial charge in [0.15, 0.2) is 28.8 Å². The van der Waals surface area contributed by atoms with Crippen molar-refractivity contribution in [2.45, 2.75) is 45.3 Å². The summed E-state index contributed by atoms with van der Waals surface area (Å²) in [7, 11) is 5.85. The minimum absolute atomic E-state index is 0.116. The van der Waals surface area contributed by atoms with E-state index in [0.29, 0.717) is 28.6 Å². The van der Waals surface area contributed by atoms with E-state index in [2.05, 4.69) is 5.32 Å². The smallest absolute Gasteiger partial charge is 0.408 e. The summed E-state index contributed by atoms with van der Waals surface area (Å²) in [5, 5.41) is 2.63. The van der Waals surface area contributed by atoms with Crippen molar-refractivity contribution in [3.63, 3.8) is 0 Å². The molecule has 3 aromatic rings. The number of rotatable bonds is 11. The maximum atomic E-state index is 13.7.